The summed E-state index contributed by atoms with van der Waals surface area (Å²) in [6, 6.07) is 1.02. The quantitative estimate of drug-likeness (QED) is 0.532. The van der Waals surface area contributed by atoms with Crippen LogP contribution in [-0.2, 0) is 9.59 Å². The lowest BCUT2D eigenvalue weighted by Gasteiger charge is -2.29. The third-order valence-corrected chi connectivity index (χ3v) is 12.7. The van der Waals surface area contributed by atoms with Crippen LogP contribution in [0.2, 0.25) is 44.4 Å². The fourth-order valence-electron chi connectivity index (χ4n) is 2.66. The Bertz CT molecular complexity index is 294. The van der Waals surface area contributed by atoms with Crippen molar-refractivity contribution in [1.29, 1.82) is 0 Å². The molecule has 18 heavy (non-hydrogen) atoms. The molecule has 0 radical (unpaired) electrons. The average Bonchev–Trinajstić information content (AvgIpc) is 2.06. The first kappa shape index (κ1) is 17.4. The second-order valence-electron chi connectivity index (χ2n) is 7.02. The smallest absolute Gasteiger partial charge is 0.317 e. The van der Waals surface area contributed by atoms with E-state index in [1.54, 1.807) is 0 Å². The van der Waals surface area contributed by atoms with Gasteiger partial charge in [0.1, 0.15) is 0 Å². The Kier molecular flexibility index (Phi) is 6.29. The van der Waals surface area contributed by atoms with Crippen LogP contribution in [-0.4, -0.2) is 38.3 Å². The summed E-state index contributed by atoms with van der Waals surface area (Å²) in [7, 11) is -2.38. The van der Waals surface area contributed by atoms with E-state index in [0.717, 1.165) is 6.04 Å². The highest BCUT2D eigenvalue weighted by molar-refractivity contribution is 6.94. The summed E-state index contributed by atoms with van der Waals surface area (Å²) in [5.74, 6) is -3.67. The Morgan fingerprint density at radius 1 is 1.00 bits per heavy atom. The minimum atomic E-state index is -1.30. The van der Waals surface area contributed by atoms with E-state index < -0.39 is 34.0 Å². The summed E-state index contributed by atoms with van der Waals surface area (Å²) >= 11 is 0. The van der Waals surface area contributed by atoms with Crippen LogP contribution in [0.15, 0.2) is 0 Å². The Morgan fingerprint density at radius 2 is 1.44 bits per heavy atom. The van der Waals surface area contributed by atoms with Gasteiger partial charge in [0.2, 0.25) is 0 Å². The lowest BCUT2D eigenvalue weighted by Crippen LogP contribution is -2.37. The molecule has 0 saturated carbocycles. The Morgan fingerprint density at radius 3 is 1.78 bits per heavy atom. The van der Waals surface area contributed by atoms with Crippen LogP contribution in [0.4, 0.5) is 0 Å². The Hall–Kier alpha value is -0.626. The summed E-state index contributed by atoms with van der Waals surface area (Å²) in [5.41, 5.74) is 1.31. The van der Waals surface area contributed by atoms with E-state index in [9.17, 15) is 9.59 Å². The summed E-state index contributed by atoms with van der Waals surface area (Å²) in [6.07, 6.45) is 0.972. The van der Waals surface area contributed by atoms with Gasteiger partial charge in [-0.3, -0.25) is 9.59 Å². The second kappa shape index (κ2) is 6.51. The highest BCUT2D eigenvalue weighted by atomic mass is 28.4. The van der Waals surface area contributed by atoms with Gasteiger partial charge in [0.15, 0.2) is 5.92 Å². The first-order valence-electron chi connectivity index (χ1n) is 6.40. The molecule has 0 amide bonds. The molecule has 0 saturated heterocycles. The van der Waals surface area contributed by atoms with Crippen LogP contribution in [0, 0.1) is 5.92 Å². The number of hydrogen-bond donors (Lipinski definition) is 2. The molecule has 0 aliphatic carbocycles. The van der Waals surface area contributed by atoms with E-state index in [1.807, 2.05) is 0 Å². The molecule has 0 aliphatic rings. The molecule has 0 unspecified atom stereocenters. The molecule has 2 N–H and O–H groups in total. The van der Waals surface area contributed by atoms with Crippen LogP contribution >= 0.6 is 0 Å². The largest absolute Gasteiger partial charge is 0.481 e. The third-order valence-electron chi connectivity index (χ3n) is 2.95. The van der Waals surface area contributed by atoms with E-state index in [1.165, 1.54) is 5.67 Å². The van der Waals surface area contributed by atoms with Crippen LogP contribution in [0.3, 0.4) is 0 Å². The molecular formula is C12H26O4Si2. The predicted octanol–water partition coefficient (Wildman–Crippen LogP) is 3.14. The molecule has 0 fully saturated rings. The monoisotopic (exact) mass is 290 g/mol. The van der Waals surface area contributed by atoms with Crippen LogP contribution in [0.5, 0.6) is 0 Å². The summed E-state index contributed by atoms with van der Waals surface area (Å²) in [6.45, 7) is 11.7. The van der Waals surface area contributed by atoms with Crippen molar-refractivity contribution in [2.75, 3.05) is 0 Å². The van der Waals surface area contributed by atoms with Crippen LogP contribution < -0.4 is 0 Å². The standard InChI is InChI=1S/C12H26O4Si2/c1-17(2,3)9-18(4,5)8-6-7-10(11(13)14)12(15)16/h10H,6-9H2,1-5H3,(H,13,14)(H,15,16). The maximum absolute atomic E-state index is 10.8. The van der Waals surface area contributed by atoms with Gasteiger partial charge < -0.3 is 10.2 Å². The number of hydrogen-bond acceptors (Lipinski definition) is 2. The zero-order chi connectivity index (χ0) is 14.6. The van der Waals surface area contributed by atoms with Crippen molar-refractivity contribution in [3.63, 3.8) is 0 Å². The van der Waals surface area contributed by atoms with E-state index >= 15 is 0 Å². The molecule has 0 aromatic carbocycles. The second-order valence-corrected chi connectivity index (χ2v) is 18.4. The number of carboxylic acids is 2. The normalized spacial score (nSPS) is 12.8. The Balaban J connectivity index is 4.25. The minimum Gasteiger partial charge on any atom is -0.481 e. The molecule has 0 rings (SSSR count). The molecule has 4 nitrogen and oxygen atoms in total. The minimum absolute atomic E-state index is 0.257. The Labute approximate surface area is 111 Å². The predicted molar refractivity (Wildman–Crippen MR) is 78.4 cm³/mol. The van der Waals surface area contributed by atoms with Gasteiger partial charge in [-0.2, -0.15) is 0 Å². The number of aliphatic carboxylic acids is 2. The summed E-state index contributed by atoms with van der Waals surface area (Å²) in [4.78, 5) is 21.5. The van der Waals surface area contributed by atoms with Crippen molar-refractivity contribution in [2.45, 2.75) is 57.3 Å². The molecule has 0 spiro atoms. The van der Waals surface area contributed by atoms with Gasteiger partial charge in [0.25, 0.3) is 0 Å². The zero-order valence-electron chi connectivity index (χ0n) is 12.1. The fourth-order valence-corrected chi connectivity index (χ4v) is 16.0. The van der Waals surface area contributed by atoms with Gasteiger partial charge in [-0.25, -0.2) is 0 Å². The third kappa shape index (κ3) is 7.65. The van der Waals surface area contributed by atoms with Gasteiger partial charge in [-0.05, 0) is 6.42 Å². The van der Waals surface area contributed by atoms with Crippen molar-refractivity contribution in [2.24, 2.45) is 5.92 Å². The van der Waals surface area contributed by atoms with Gasteiger partial charge in [-0.15, -0.1) is 0 Å². The molecule has 0 bridgehead atoms. The molecule has 0 aromatic rings. The van der Waals surface area contributed by atoms with E-state index in [0.29, 0.717) is 6.42 Å². The highest BCUT2D eigenvalue weighted by Crippen LogP contribution is 2.26. The maximum Gasteiger partial charge on any atom is 0.317 e. The highest BCUT2D eigenvalue weighted by Gasteiger charge is 2.30. The number of rotatable bonds is 8. The zero-order valence-corrected chi connectivity index (χ0v) is 14.1. The SMILES string of the molecule is C[Si](C)(C)C[Si](C)(C)CCCC(C(=O)O)C(=O)O. The first-order chi connectivity index (χ1) is 7.94. The average molecular weight is 291 g/mol. The van der Waals surface area contributed by atoms with Gasteiger partial charge in [0.05, 0.1) is 0 Å². The van der Waals surface area contributed by atoms with Crippen LogP contribution in [0.25, 0.3) is 0 Å². The fraction of sp³-hybridized carbons (Fsp3) is 0.833. The lowest BCUT2D eigenvalue weighted by atomic mass is 10.1. The molecule has 0 aromatic heterocycles. The van der Waals surface area contributed by atoms with E-state index in [2.05, 4.69) is 32.7 Å². The molecule has 6 heteroatoms. The number of carboxylic acid groups (broad SMARTS) is 2. The van der Waals surface area contributed by atoms with Crippen LogP contribution in [0.1, 0.15) is 12.8 Å². The number of carbonyl (C=O) groups is 2. The topological polar surface area (TPSA) is 74.6 Å². The lowest BCUT2D eigenvalue weighted by molar-refractivity contribution is -0.154. The first-order valence-corrected chi connectivity index (χ1v) is 13.5. The van der Waals surface area contributed by atoms with Crippen molar-refractivity contribution < 1.29 is 19.8 Å². The van der Waals surface area contributed by atoms with Crippen molar-refractivity contribution in [1.82, 2.24) is 0 Å². The molecule has 0 atom stereocenters. The van der Waals surface area contributed by atoms with Gasteiger partial charge in [0, 0.05) is 16.1 Å². The van der Waals surface area contributed by atoms with Gasteiger partial charge >= 0.3 is 11.9 Å². The van der Waals surface area contributed by atoms with E-state index in [4.69, 9.17) is 10.2 Å². The molecule has 106 valence electrons. The molecular weight excluding hydrogens is 264 g/mol. The van der Waals surface area contributed by atoms with Crippen molar-refractivity contribution >= 4 is 28.1 Å². The van der Waals surface area contributed by atoms with Crippen molar-refractivity contribution in [3.05, 3.63) is 0 Å². The molecule has 0 heterocycles. The summed E-state index contributed by atoms with van der Waals surface area (Å²) < 4.78 is 0. The maximum atomic E-state index is 10.8. The molecule has 0 aliphatic heterocycles. The van der Waals surface area contributed by atoms with Gasteiger partial charge in [-0.1, -0.05) is 50.9 Å². The summed E-state index contributed by atoms with van der Waals surface area (Å²) in [5, 5.41) is 17.6. The van der Waals surface area contributed by atoms with E-state index in [-0.39, 0.29) is 6.42 Å². The van der Waals surface area contributed by atoms with Crippen molar-refractivity contribution in [3.8, 4) is 0 Å².